The molecule has 188 valence electrons. The average Bonchev–Trinajstić information content (AvgIpc) is 2.84. The highest BCUT2D eigenvalue weighted by atomic mass is 16.6. The molecule has 9 nitrogen and oxygen atoms in total. The van der Waals surface area contributed by atoms with Gasteiger partial charge in [-0.1, -0.05) is 30.3 Å². The number of nitrogens with one attached hydrogen (secondary N) is 3. The first kappa shape index (κ1) is 26.1. The number of carbonyl (C=O) groups excluding carboxylic acids is 2. The molecule has 0 aromatic heterocycles. The Morgan fingerprint density at radius 1 is 0.889 bits per heavy atom. The molecule has 0 heterocycles. The van der Waals surface area contributed by atoms with Crippen LogP contribution in [0.5, 0.6) is 5.75 Å². The molecular formula is C27H29N3O6. The number of carbonyl (C=O) groups is 3. The molecule has 3 rings (SSSR count). The highest BCUT2D eigenvalue weighted by Crippen LogP contribution is 2.23. The van der Waals surface area contributed by atoms with Crippen LogP contribution in [0.25, 0.3) is 0 Å². The zero-order chi connectivity index (χ0) is 25.9. The van der Waals surface area contributed by atoms with E-state index in [9.17, 15) is 14.4 Å². The van der Waals surface area contributed by atoms with E-state index in [2.05, 4.69) is 16.0 Å². The lowest BCUT2D eigenvalue weighted by Crippen LogP contribution is -2.20. The molecule has 1 unspecified atom stereocenters. The van der Waals surface area contributed by atoms with Crippen molar-refractivity contribution in [3.8, 4) is 5.75 Å². The first-order valence-corrected chi connectivity index (χ1v) is 11.5. The standard InChI is InChI=1S/C27H29N3O6/c1-18-7-3-4-10-24(18)30-26(33)28-21-12-14-22(15-13-21)29-27(34)36-19(2)20-8-5-9-23(17-20)35-16-6-11-25(31)32/h3-5,7-10,12-15,17,19H,6,11,16H2,1-2H3,(H,29,34)(H,31,32)(H2,28,30,33). The topological polar surface area (TPSA) is 126 Å². The number of amides is 3. The summed E-state index contributed by atoms with van der Waals surface area (Å²) in [6, 6.07) is 20.8. The molecule has 1 atom stereocenters. The minimum atomic E-state index is -0.866. The quantitative estimate of drug-likeness (QED) is 0.251. The molecule has 3 aromatic carbocycles. The second kappa shape index (κ2) is 12.8. The predicted octanol–water partition coefficient (Wildman–Crippen LogP) is 6.19. The summed E-state index contributed by atoms with van der Waals surface area (Å²) in [5, 5.41) is 16.9. The van der Waals surface area contributed by atoms with Crippen LogP contribution in [0.15, 0.2) is 72.8 Å². The molecule has 3 amide bonds. The number of carboxylic acids is 1. The lowest BCUT2D eigenvalue weighted by Gasteiger charge is -2.16. The van der Waals surface area contributed by atoms with Crippen molar-refractivity contribution in [3.05, 3.63) is 83.9 Å². The van der Waals surface area contributed by atoms with Gasteiger partial charge in [0.15, 0.2) is 0 Å². The van der Waals surface area contributed by atoms with Crippen molar-refractivity contribution in [2.75, 3.05) is 22.6 Å². The van der Waals surface area contributed by atoms with Crippen LogP contribution < -0.4 is 20.7 Å². The molecule has 0 radical (unpaired) electrons. The third-order valence-corrected chi connectivity index (χ3v) is 5.20. The van der Waals surface area contributed by atoms with Crippen LogP contribution in [0.3, 0.4) is 0 Å². The van der Waals surface area contributed by atoms with E-state index in [1.165, 1.54) is 0 Å². The Morgan fingerprint density at radius 2 is 1.58 bits per heavy atom. The van der Waals surface area contributed by atoms with E-state index in [4.69, 9.17) is 14.6 Å². The number of anilines is 3. The lowest BCUT2D eigenvalue weighted by molar-refractivity contribution is -0.137. The summed E-state index contributed by atoms with van der Waals surface area (Å²) in [6.07, 6.45) is -0.733. The van der Waals surface area contributed by atoms with Crippen LogP contribution in [0, 0.1) is 6.92 Å². The zero-order valence-electron chi connectivity index (χ0n) is 20.1. The molecule has 0 aliphatic heterocycles. The summed E-state index contributed by atoms with van der Waals surface area (Å²) in [6.45, 7) is 3.93. The summed E-state index contributed by atoms with van der Waals surface area (Å²) in [5.41, 5.74) is 3.48. The maximum Gasteiger partial charge on any atom is 0.412 e. The molecule has 9 heteroatoms. The third-order valence-electron chi connectivity index (χ3n) is 5.20. The largest absolute Gasteiger partial charge is 0.494 e. The maximum absolute atomic E-state index is 12.4. The minimum Gasteiger partial charge on any atom is -0.494 e. The van der Waals surface area contributed by atoms with Gasteiger partial charge in [-0.2, -0.15) is 0 Å². The van der Waals surface area contributed by atoms with Crippen LogP contribution >= 0.6 is 0 Å². The Balaban J connectivity index is 1.47. The Bertz CT molecular complexity index is 1200. The zero-order valence-corrected chi connectivity index (χ0v) is 20.1. The number of hydrogen-bond acceptors (Lipinski definition) is 5. The lowest BCUT2D eigenvalue weighted by atomic mass is 10.1. The van der Waals surface area contributed by atoms with Gasteiger partial charge in [-0.25, -0.2) is 9.59 Å². The van der Waals surface area contributed by atoms with Gasteiger partial charge in [0.2, 0.25) is 0 Å². The number of rotatable bonds is 10. The van der Waals surface area contributed by atoms with Crippen molar-refractivity contribution in [3.63, 3.8) is 0 Å². The molecule has 0 bridgehead atoms. The number of carboxylic acid groups (broad SMARTS) is 1. The van der Waals surface area contributed by atoms with Gasteiger partial charge in [0.25, 0.3) is 0 Å². The summed E-state index contributed by atoms with van der Waals surface area (Å²) >= 11 is 0. The van der Waals surface area contributed by atoms with E-state index in [0.717, 1.165) is 16.8 Å². The van der Waals surface area contributed by atoms with Crippen LogP contribution in [0.4, 0.5) is 26.7 Å². The van der Waals surface area contributed by atoms with Gasteiger partial charge in [-0.3, -0.25) is 10.1 Å². The Labute approximate surface area is 209 Å². The smallest absolute Gasteiger partial charge is 0.412 e. The second-order valence-electron chi connectivity index (χ2n) is 8.06. The van der Waals surface area contributed by atoms with Gasteiger partial charge in [-0.05, 0) is 73.9 Å². The van der Waals surface area contributed by atoms with E-state index in [1.807, 2.05) is 37.3 Å². The second-order valence-corrected chi connectivity index (χ2v) is 8.06. The molecule has 0 aliphatic carbocycles. The number of para-hydroxylation sites is 1. The molecule has 0 aliphatic rings. The van der Waals surface area contributed by atoms with Crippen LogP contribution in [-0.2, 0) is 9.53 Å². The van der Waals surface area contributed by atoms with Crippen molar-refractivity contribution in [1.29, 1.82) is 0 Å². The van der Waals surface area contributed by atoms with Gasteiger partial charge in [0.1, 0.15) is 11.9 Å². The molecule has 0 spiro atoms. The fourth-order valence-corrected chi connectivity index (χ4v) is 3.28. The van der Waals surface area contributed by atoms with Crippen molar-refractivity contribution >= 4 is 35.2 Å². The van der Waals surface area contributed by atoms with Gasteiger partial charge in [-0.15, -0.1) is 0 Å². The Kier molecular flexibility index (Phi) is 9.27. The fraction of sp³-hybridized carbons (Fsp3) is 0.222. The summed E-state index contributed by atoms with van der Waals surface area (Å²) in [7, 11) is 0. The van der Waals surface area contributed by atoms with Crippen LogP contribution in [0.2, 0.25) is 0 Å². The molecule has 0 saturated carbocycles. The summed E-state index contributed by atoms with van der Waals surface area (Å²) in [5.74, 6) is -0.293. The average molecular weight is 492 g/mol. The number of aryl methyl sites for hydroxylation is 1. The SMILES string of the molecule is Cc1ccccc1NC(=O)Nc1ccc(NC(=O)OC(C)c2cccc(OCCCC(=O)O)c2)cc1. The molecular weight excluding hydrogens is 462 g/mol. The highest BCUT2D eigenvalue weighted by molar-refractivity contribution is 6.00. The van der Waals surface area contributed by atoms with E-state index in [0.29, 0.717) is 23.5 Å². The fourth-order valence-electron chi connectivity index (χ4n) is 3.28. The first-order valence-electron chi connectivity index (χ1n) is 11.5. The predicted molar refractivity (Wildman–Crippen MR) is 138 cm³/mol. The summed E-state index contributed by atoms with van der Waals surface area (Å²) in [4.78, 5) is 35.2. The van der Waals surface area contributed by atoms with Crippen molar-refractivity contribution < 1.29 is 29.0 Å². The number of benzene rings is 3. The van der Waals surface area contributed by atoms with Gasteiger partial charge >= 0.3 is 18.1 Å². The van der Waals surface area contributed by atoms with Gasteiger partial charge in [0, 0.05) is 23.5 Å². The van der Waals surface area contributed by atoms with E-state index in [-0.39, 0.29) is 19.1 Å². The van der Waals surface area contributed by atoms with Crippen molar-refractivity contribution in [1.82, 2.24) is 0 Å². The van der Waals surface area contributed by atoms with E-state index >= 15 is 0 Å². The normalized spacial score (nSPS) is 11.2. The first-order chi connectivity index (χ1) is 17.3. The van der Waals surface area contributed by atoms with Gasteiger partial charge in [0.05, 0.1) is 6.61 Å². The monoisotopic (exact) mass is 491 g/mol. The number of hydrogen-bond donors (Lipinski definition) is 4. The molecule has 4 N–H and O–H groups in total. The van der Waals surface area contributed by atoms with E-state index in [1.54, 1.807) is 49.4 Å². The molecule has 36 heavy (non-hydrogen) atoms. The van der Waals surface area contributed by atoms with Gasteiger partial charge < -0.3 is 25.2 Å². The van der Waals surface area contributed by atoms with Crippen molar-refractivity contribution in [2.45, 2.75) is 32.8 Å². The Morgan fingerprint density at radius 3 is 2.28 bits per heavy atom. The van der Waals surface area contributed by atoms with E-state index < -0.39 is 18.2 Å². The summed E-state index contributed by atoms with van der Waals surface area (Å²) < 4.78 is 11.0. The molecule has 0 fully saturated rings. The molecule has 3 aromatic rings. The van der Waals surface area contributed by atoms with Crippen LogP contribution in [0.1, 0.15) is 37.0 Å². The molecule has 0 saturated heterocycles. The number of aliphatic carboxylic acids is 1. The number of urea groups is 1. The van der Waals surface area contributed by atoms with Crippen molar-refractivity contribution in [2.24, 2.45) is 0 Å². The number of ether oxygens (including phenoxy) is 2. The minimum absolute atomic E-state index is 0.0387. The highest BCUT2D eigenvalue weighted by Gasteiger charge is 2.13. The Hall–Kier alpha value is -4.53. The van der Waals surface area contributed by atoms with Crippen LogP contribution in [-0.4, -0.2) is 29.8 Å². The maximum atomic E-state index is 12.4. The third kappa shape index (κ3) is 8.35.